The molecule has 1 aliphatic heterocycles. The summed E-state index contributed by atoms with van der Waals surface area (Å²) in [5, 5.41) is 11.9. The van der Waals surface area contributed by atoms with Gasteiger partial charge in [0, 0.05) is 0 Å². The van der Waals surface area contributed by atoms with Crippen LogP contribution in [0.1, 0.15) is 20.7 Å². The number of carbonyl (C=O) groups excluding carboxylic acids is 2. The van der Waals surface area contributed by atoms with Crippen molar-refractivity contribution in [1.29, 1.82) is 0 Å². The first-order chi connectivity index (χ1) is 8.59. The SMILES string of the molecule is O=C1OC(=O)c2c1cc1ccccc1c2[N+](=O)[O-]. The zero-order valence-corrected chi connectivity index (χ0v) is 8.88. The van der Waals surface area contributed by atoms with Gasteiger partial charge in [0.25, 0.3) is 5.69 Å². The minimum absolute atomic E-state index is 0.0506. The minimum Gasteiger partial charge on any atom is -0.385 e. The lowest BCUT2D eigenvalue weighted by atomic mass is 10.00. The maximum Gasteiger partial charge on any atom is 0.353 e. The molecule has 3 rings (SSSR count). The molecule has 0 bridgehead atoms. The Bertz CT molecular complexity index is 735. The van der Waals surface area contributed by atoms with E-state index in [1.54, 1.807) is 18.2 Å². The number of nitrogens with zero attached hydrogens (tertiary/aromatic N) is 1. The van der Waals surface area contributed by atoms with Crippen LogP contribution in [0.25, 0.3) is 10.8 Å². The van der Waals surface area contributed by atoms with Crippen molar-refractivity contribution in [3.05, 3.63) is 51.6 Å². The van der Waals surface area contributed by atoms with E-state index < -0.39 is 16.9 Å². The fourth-order valence-electron chi connectivity index (χ4n) is 2.08. The third-order valence-electron chi connectivity index (χ3n) is 2.81. The van der Waals surface area contributed by atoms with Crippen LogP contribution in [0.2, 0.25) is 0 Å². The van der Waals surface area contributed by atoms with Gasteiger partial charge in [-0.25, -0.2) is 9.59 Å². The van der Waals surface area contributed by atoms with Gasteiger partial charge < -0.3 is 4.74 Å². The Morgan fingerprint density at radius 1 is 1.11 bits per heavy atom. The monoisotopic (exact) mass is 243 g/mol. The second-order valence-corrected chi connectivity index (χ2v) is 3.80. The summed E-state index contributed by atoms with van der Waals surface area (Å²) in [7, 11) is 0. The molecule has 0 saturated carbocycles. The van der Waals surface area contributed by atoms with Crippen molar-refractivity contribution in [2.45, 2.75) is 0 Å². The topological polar surface area (TPSA) is 86.5 Å². The summed E-state index contributed by atoms with van der Waals surface area (Å²) in [5.41, 5.74) is -0.687. The Labute approximate surface area is 99.9 Å². The first-order valence-electron chi connectivity index (χ1n) is 5.06. The van der Waals surface area contributed by atoms with Crippen LogP contribution in [0.3, 0.4) is 0 Å². The van der Waals surface area contributed by atoms with E-state index in [9.17, 15) is 19.7 Å². The molecule has 0 saturated heterocycles. The molecule has 0 atom stereocenters. The Kier molecular flexibility index (Phi) is 1.94. The number of ether oxygens (including phenoxy) is 1. The molecule has 88 valence electrons. The molecule has 6 heteroatoms. The molecule has 0 spiro atoms. The van der Waals surface area contributed by atoms with Crippen molar-refractivity contribution < 1.29 is 19.2 Å². The van der Waals surface area contributed by atoms with Crippen LogP contribution in [-0.2, 0) is 4.74 Å². The van der Waals surface area contributed by atoms with Gasteiger partial charge in [0.05, 0.1) is 15.9 Å². The summed E-state index contributed by atoms with van der Waals surface area (Å²) < 4.78 is 4.41. The third kappa shape index (κ3) is 1.22. The fourth-order valence-corrected chi connectivity index (χ4v) is 2.08. The lowest BCUT2D eigenvalue weighted by Gasteiger charge is -2.02. The molecular weight excluding hydrogens is 238 g/mol. The van der Waals surface area contributed by atoms with Gasteiger partial charge in [-0.05, 0) is 17.5 Å². The molecule has 1 heterocycles. The first kappa shape index (κ1) is 10.4. The predicted octanol–water partition coefficient (Wildman–Crippen LogP) is 2.06. The smallest absolute Gasteiger partial charge is 0.353 e. The van der Waals surface area contributed by atoms with Gasteiger partial charge in [0.15, 0.2) is 5.56 Å². The van der Waals surface area contributed by atoms with E-state index in [4.69, 9.17) is 0 Å². The average molecular weight is 243 g/mol. The second kappa shape index (κ2) is 3.36. The van der Waals surface area contributed by atoms with Gasteiger partial charge in [-0.2, -0.15) is 0 Å². The standard InChI is InChI=1S/C12H5NO5/c14-11-8-5-6-3-1-2-4-7(6)10(13(16)17)9(8)12(15)18-11/h1-5H. The lowest BCUT2D eigenvalue weighted by Crippen LogP contribution is -2.01. The van der Waals surface area contributed by atoms with Gasteiger partial charge >= 0.3 is 11.9 Å². The van der Waals surface area contributed by atoms with E-state index in [1.807, 2.05) is 0 Å². The van der Waals surface area contributed by atoms with Crippen LogP contribution in [0.4, 0.5) is 5.69 Å². The van der Waals surface area contributed by atoms with E-state index in [0.717, 1.165) is 0 Å². The Morgan fingerprint density at radius 3 is 2.56 bits per heavy atom. The highest BCUT2D eigenvalue weighted by Gasteiger charge is 2.38. The fraction of sp³-hybridized carbons (Fsp3) is 0. The van der Waals surface area contributed by atoms with Crippen LogP contribution >= 0.6 is 0 Å². The van der Waals surface area contributed by atoms with Crippen molar-refractivity contribution in [2.24, 2.45) is 0 Å². The molecule has 0 N–H and O–H groups in total. The minimum atomic E-state index is -0.965. The second-order valence-electron chi connectivity index (χ2n) is 3.80. The van der Waals surface area contributed by atoms with Crippen molar-refractivity contribution >= 4 is 28.4 Å². The number of benzene rings is 2. The first-order valence-corrected chi connectivity index (χ1v) is 5.06. The summed E-state index contributed by atoms with van der Waals surface area (Å²) in [4.78, 5) is 33.4. The van der Waals surface area contributed by atoms with E-state index in [0.29, 0.717) is 10.8 Å². The number of hydrogen-bond donors (Lipinski definition) is 0. The number of cyclic esters (lactones) is 2. The summed E-state index contributed by atoms with van der Waals surface area (Å²) >= 11 is 0. The zero-order chi connectivity index (χ0) is 12.9. The summed E-state index contributed by atoms with van der Waals surface area (Å²) in [5.74, 6) is -1.81. The zero-order valence-electron chi connectivity index (χ0n) is 8.88. The number of fused-ring (bicyclic) bond motifs is 2. The van der Waals surface area contributed by atoms with Crippen molar-refractivity contribution in [3.63, 3.8) is 0 Å². The number of nitro benzene ring substituents is 1. The molecule has 0 aromatic heterocycles. The largest absolute Gasteiger partial charge is 0.385 e. The maximum absolute atomic E-state index is 11.5. The molecule has 0 aliphatic carbocycles. The van der Waals surface area contributed by atoms with Crippen LogP contribution in [0, 0.1) is 10.1 Å². The predicted molar refractivity (Wildman–Crippen MR) is 60.3 cm³/mol. The lowest BCUT2D eigenvalue weighted by molar-refractivity contribution is -0.383. The Hall–Kier alpha value is -2.76. The van der Waals surface area contributed by atoms with E-state index >= 15 is 0 Å². The van der Waals surface area contributed by atoms with Crippen LogP contribution in [0.15, 0.2) is 30.3 Å². The normalized spacial score (nSPS) is 13.6. The van der Waals surface area contributed by atoms with Gasteiger partial charge in [0.2, 0.25) is 0 Å². The van der Waals surface area contributed by atoms with Gasteiger partial charge in [-0.1, -0.05) is 18.2 Å². The molecule has 0 unspecified atom stereocenters. The van der Waals surface area contributed by atoms with Gasteiger partial charge in [-0.15, -0.1) is 0 Å². The highest BCUT2D eigenvalue weighted by Crippen LogP contribution is 2.36. The molecule has 1 aliphatic rings. The van der Waals surface area contributed by atoms with Crippen LogP contribution in [-0.4, -0.2) is 16.9 Å². The molecule has 0 amide bonds. The Balaban J connectivity index is 2.54. The third-order valence-corrected chi connectivity index (χ3v) is 2.81. The van der Waals surface area contributed by atoms with Gasteiger partial charge in [0.1, 0.15) is 0 Å². The van der Waals surface area contributed by atoms with Gasteiger partial charge in [-0.3, -0.25) is 10.1 Å². The summed E-state index contributed by atoms with van der Waals surface area (Å²) in [6.07, 6.45) is 0. The molecular formula is C12H5NO5. The maximum atomic E-state index is 11.5. The number of rotatable bonds is 1. The Morgan fingerprint density at radius 2 is 1.83 bits per heavy atom. The highest BCUT2D eigenvalue weighted by atomic mass is 16.6. The molecule has 6 nitrogen and oxygen atoms in total. The van der Waals surface area contributed by atoms with E-state index in [1.165, 1.54) is 12.1 Å². The number of nitro groups is 1. The van der Waals surface area contributed by atoms with Crippen molar-refractivity contribution in [2.75, 3.05) is 0 Å². The van der Waals surface area contributed by atoms with Crippen LogP contribution < -0.4 is 0 Å². The average Bonchev–Trinajstić information content (AvgIpc) is 2.62. The van der Waals surface area contributed by atoms with Crippen molar-refractivity contribution in [3.8, 4) is 0 Å². The van der Waals surface area contributed by atoms with Crippen molar-refractivity contribution in [1.82, 2.24) is 0 Å². The molecule has 2 aromatic rings. The number of hydrogen-bond acceptors (Lipinski definition) is 5. The summed E-state index contributed by atoms with van der Waals surface area (Å²) in [6, 6.07) is 7.93. The van der Waals surface area contributed by atoms with E-state index in [2.05, 4.69) is 4.74 Å². The van der Waals surface area contributed by atoms with Crippen LogP contribution in [0.5, 0.6) is 0 Å². The molecule has 18 heavy (non-hydrogen) atoms. The van der Waals surface area contributed by atoms with E-state index in [-0.39, 0.29) is 16.8 Å². The number of carbonyl (C=O) groups is 2. The summed E-state index contributed by atoms with van der Waals surface area (Å²) in [6.45, 7) is 0. The number of esters is 2. The highest BCUT2D eigenvalue weighted by molar-refractivity contribution is 6.20. The molecule has 0 radical (unpaired) electrons. The quantitative estimate of drug-likeness (QED) is 0.331. The molecule has 0 fully saturated rings. The molecule has 2 aromatic carbocycles.